The van der Waals surface area contributed by atoms with Crippen molar-refractivity contribution >= 4 is 0 Å². The lowest BCUT2D eigenvalue weighted by Crippen LogP contribution is -2.25. The average Bonchev–Trinajstić information content (AvgIpc) is 2.73. The highest BCUT2D eigenvalue weighted by Crippen LogP contribution is 2.43. The van der Waals surface area contributed by atoms with Gasteiger partial charge in [0.25, 0.3) is 0 Å². The van der Waals surface area contributed by atoms with Crippen LogP contribution < -0.4 is 0 Å². The molecule has 27 heavy (non-hydrogen) atoms. The van der Waals surface area contributed by atoms with Crippen LogP contribution in [0.25, 0.3) is 0 Å². The van der Waals surface area contributed by atoms with Gasteiger partial charge in [-0.25, -0.2) is 0 Å². The molecule has 0 aromatic rings. The highest BCUT2D eigenvalue weighted by Gasteiger charge is 2.30. The zero-order valence-electron chi connectivity index (χ0n) is 18.5. The summed E-state index contributed by atoms with van der Waals surface area (Å²) in [6.07, 6.45) is 29.4. The van der Waals surface area contributed by atoms with Crippen LogP contribution in [0.3, 0.4) is 0 Å². The molecule has 0 amide bonds. The Balaban J connectivity index is 1.22. The zero-order valence-corrected chi connectivity index (χ0v) is 18.5. The summed E-state index contributed by atoms with van der Waals surface area (Å²) in [6.45, 7) is 6.34. The lowest BCUT2D eigenvalue weighted by molar-refractivity contribution is 0.140. The van der Waals surface area contributed by atoms with Crippen molar-refractivity contribution in [2.45, 2.75) is 122 Å². The molecule has 156 valence electrons. The fraction of sp³-hybridized carbons (Fsp3) is 0.926. The van der Waals surface area contributed by atoms with Crippen LogP contribution in [-0.2, 0) is 0 Å². The van der Waals surface area contributed by atoms with Gasteiger partial charge in [-0.2, -0.15) is 0 Å². The molecular formula is C27H48. The van der Waals surface area contributed by atoms with Gasteiger partial charge in [0.1, 0.15) is 0 Å². The molecular weight excluding hydrogens is 324 g/mol. The Morgan fingerprint density at radius 3 is 1.41 bits per heavy atom. The molecule has 0 aromatic carbocycles. The summed E-state index contributed by atoms with van der Waals surface area (Å²) in [5, 5.41) is 0. The smallest absolute Gasteiger partial charge is 0.0236 e. The number of unbranched alkanes of at least 4 members (excludes halogenated alkanes) is 1. The van der Waals surface area contributed by atoms with Crippen molar-refractivity contribution in [3.8, 4) is 0 Å². The molecule has 0 saturated heterocycles. The maximum atomic E-state index is 3.98. The standard InChI is InChI=1S/C27H48/c1-3-7-23-14-18-26(19-15-23)27-20-16-25(17-21-27)9-6-5-8-24-12-10-22(4-2)11-13-24/h4,22-27H,2-3,5-21H2,1H3/t22-,23-,24-,25?,26-,27?. The van der Waals surface area contributed by atoms with Gasteiger partial charge in [-0.3, -0.25) is 0 Å². The summed E-state index contributed by atoms with van der Waals surface area (Å²) < 4.78 is 0. The third-order valence-corrected chi connectivity index (χ3v) is 8.85. The van der Waals surface area contributed by atoms with Crippen LogP contribution in [0.2, 0.25) is 0 Å². The second kappa shape index (κ2) is 11.7. The molecule has 0 unspecified atom stereocenters. The molecule has 3 saturated carbocycles. The van der Waals surface area contributed by atoms with Gasteiger partial charge in [-0.1, -0.05) is 77.2 Å². The summed E-state index contributed by atoms with van der Waals surface area (Å²) in [7, 11) is 0. The highest BCUT2D eigenvalue weighted by molar-refractivity contribution is 4.84. The van der Waals surface area contributed by atoms with Crippen LogP contribution in [0.1, 0.15) is 122 Å². The molecule has 0 radical (unpaired) electrons. The van der Waals surface area contributed by atoms with E-state index in [4.69, 9.17) is 0 Å². The summed E-state index contributed by atoms with van der Waals surface area (Å²) in [4.78, 5) is 0. The number of rotatable bonds is 9. The third-order valence-electron chi connectivity index (χ3n) is 8.85. The predicted octanol–water partition coefficient (Wildman–Crippen LogP) is 8.95. The summed E-state index contributed by atoms with van der Waals surface area (Å²) in [5.41, 5.74) is 0. The Bertz CT molecular complexity index is 386. The van der Waals surface area contributed by atoms with E-state index in [0.29, 0.717) is 0 Å². The minimum Gasteiger partial charge on any atom is -0.103 e. The third kappa shape index (κ3) is 6.93. The fourth-order valence-corrected chi connectivity index (χ4v) is 6.88. The molecule has 0 N–H and O–H groups in total. The van der Waals surface area contributed by atoms with E-state index < -0.39 is 0 Å². The van der Waals surface area contributed by atoms with Gasteiger partial charge in [-0.05, 0) is 86.9 Å². The van der Waals surface area contributed by atoms with Crippen LogP contribution >= 0.6 is 0 Å². The average molecular weight is 373 g/mol. The van der Waals surface area contributed by atoms with Gasteiger partial charge in [0.05, 0.1) is 0 Å². The van der Waals surface area contributed by atoms with Gasteiger partial charge >= 0.3 is 0 Å². The SMILES string of the molecule is C=C[C@H]1CC[C@H](CCCCC2CCC([C@H]3CC[C@H](CCC)CC3)CC2)CC1. The predicted molar refractivity (Wildman–Crippen MR) is 120 cm³/mol. The maximum absolute atomic E-state index is 3.98. The maximum Gasteiger partial charge on any atom is -0.0236 e. The molecule has 0 aliphatic heterocycles. The second-order valence-corrected chi connectivity index (χ2v) is 10.7. The van der Waals surface area contributed by atoms with E-state index in [1.54, 1.807) is 51.4 Å². The first kappa shape index (κ1) is 21.4. The molecule has 3 aliphatic rings. The molecule has 0 heteroatoms. The van der Waals surface area contributed by atoms with E-state index in [1.807, 2.05) is 0 Å². The first-order valence-electron chi connectivity index (χ1n) is 12.9. The van der Waals surface area contributed by atoms with Crippen molar-refractivity contribution in [2.24, 2.45) is 35.5 Å². The van der Waals surface area contributed by atoms with E-state index in [0.717, 1.165) is 35.5 Å². The highest BCUT2D eigenvalue weighted by atomic mass is 14.4. The van der Waals surface area contributed by atoms with E-state index in [9.17, 15) is 0 Å². The van der Waals surface area contributed by atoms with E-state index >= 15 is 0 Å². The van der Waals surface area contributed by atoms with E-state index in [1.165, 1.54) is 64.2 Å². The Morgan fingerprint density at radius 1 is 0.593 bits per heavy atom. The number of allylic oxidation sites excluding steroid dienone is 1. The van der Waals surface area contributed by atoms with Crippen LogP contribution in [0.4, 0.5) is 0 Å². The van der Waals surface area contributed by atoms with Crippen LogP contribution in [0.15, 0.2) is 12.7 Å². The van der Waals surface area contributed by atoms with E-state index in [-0.39, 0.29) is 0 Å². The molecule has 3 aliphatic carbocycles. The summed E-state index contributed by atoms with van der Waals surface area (Å²) >= 11 is 0. The monoisotopic (exact) mass is 372 g/mol. The molecule has 3 fully saturated rings. The van der Waals surface area contributed by atoms with E-state index in [2.05, 4.69) is 19.6 Å². The minimum absolute atomic E-state index is 0.832. The topological polar surface area (TPSA) is 0 Å². The Kier molecular flexibility index (Phi) is 9.27. The van der Waals surface area contributed by atoms with Crippen molar-refractivity contribution in [3.63, 3.8) is 0 Å². The fourth-order valence-electron chi connectivity index (χ4n) is 6.88. The van der Waals surface area contributed by atoms with Crippen LogP contribution in [0.5, 0.6) is 0 Å². The van der Waals surface area contributed by atoms with Crippen LogP contribution in [0, 0.1) is 35.5 Å². The molecule has 0 heterocycles. The number of hydrogen-bond donors (Lipinski definition) is 0. The minimum atomic E-state index is 0.832. The van der Waals surface area contributed by atoms with Gasteiger partial charge in [0.2, 0.25) is 0 Å². The molecule has 3 rings (SSSR count). The molecule has 0 atom stereocenters. The Hall–Kier alpha value is -0.260. The first-order valence-corrected chi connectivity index (χ1v) is 12.9. The van der Waals surface area contributed by atoms with Gasteiger partial charge in [0.15, 0.2) is 0 Å². The van der Waals surface area contributed by atoms with Crippen molar-refractivity contribution in [2.75, 3.05) is 0 Å². The van der Waals surface area contributed by atoms with Gasteiger partial charge in [-0.15, -0.1) is 6.58 Å². The molecule has 0 nitrogen and oxygen atoms in total. The van der Waals surface area contributed by atoms with Crippen molar-refractivity contribution in [1.82, 2.24) is 0 Å². The summed E-state index contributed by atoms with van der Waals surface area (Å²) in [6, 6.07) is 0. The van der Waals surface area contributed by atoms with Crippen molar-refractivity contribution in [3.05, 3.63) is 12.7 Å². The lowest BCUT2D eigenvalue weighted by atomic mass is 9.68. The number of hydrogen-bond acceptors (Lipinski definition) is 0. The van der Waals surface area contributed by atoms with Crippen molar-refractivity contribution in [1.29, 1.82) is 0 Å². The zero-order chi connectivity index (χ0) is 18.9. The Morgan fingerprint density at radius 2 is 1.00 bits per heavy atom. The second-order valence-electron chi connectivity index (χ2n) is 10.7. The molecule has 0 aromatic heterocycles. The van der Waals surface area contributed by atoms with Crippen LogP contribution in [-0.4, -0.2) is 0 Å². The van der Waals surface area contributed by atoms with Crippen molar-refractivity contribution < 1.29 is 0 Å². The molecule has 0 bridgehead atoms. The quantitative estimate of drug-likeness (QED) is 0.280. The largest absolute Gasteiger partial charge is 0.103 e. The first-order chi connectivity index (χ1) is 13.3. The molecule has 0 spiro atoms. The normalized spacial score (nSPS) is 37.8. The van der Waals surface area contributed by atoms with Gasteiger partial charge in [0, 0.05) is 0 Å². The summed E-state index contributed by atoms with van der Waals surface area (Å²) in [5.74, 6) is 6.23. The van der Waals surface area contributed by atoms with Gasteiger partial charge < -0.3 is 0 Å². The lowest BCUT2D eigenvalue weighted by Gasteiger charge is -2.38. The Labute approximate surface area is 171 Å².